The van der Waals surface area contributed by atoms with Gasteiger partial charge in [-0.3, -0.25) is 4.79 Å². The van der Waals surface area contributed by atoms with Crippen LogP contribution >= 0.6 is 12.6 Å². The lowest BCUT2D eigenvalue weighted by atomic mass is 10.0. The van der Waals surface area contributed by atoms with Gasteiger partial charge >= 0.3 is 0 Å². The van der Waals surface area contributed by atoms with E-state index in [1.54, 1.807) is 0 Å². The molecule has 2 rings (SSSR count). The molecule has 2 aliphatic heterocycles. The number of nitrogens with zero attached hydrogens (tertiary/aromatic N) is 2. The molecule has 0 spiro atoms. The summed E-state index contributed by atoms with van der Waals surface area (Å²) < 4.78 is 0. The summed E-state index contributed by atoms with van der Waals surface area (Å²) in [7, 11) is 2.18. The van der Waals surface area contributed by atoms with E-state index < -0.39 is 0 Å². The normalized spacial score (nSPS) is 27.4. The Morgan fingerprint density at radius 3 is 2.61 bits per heavy atom. The molecule has 2 fully saturated rings. The molecule has 0 saturated carbocycles. The van der Waals surface area contributed by atoms with Crippen LogP contribution in [0.3, 0.4) is 0 Å². The van der Waals surface area contributed by atoms with Crippen molar-refractivity contribution in [2.45, 2.75) is 44.2 Å². The Bertz CT molecular complexity index is 279. The first-order chi connectivity index (χ1) is 8.66. The van der Waals surface area contributed by atoms with E-state index >= 15 is 0 Å². The Labute approximate surface area is 115 Å². The largest absolute Gasteiger partial charge is 0.330 e. The van der Waals surface area contributed by atoms with Crippen LogP contribution < -0.4 is 5.32 Å². The molecule has 1 unspecified atom stereocenters. The Morgan fingerprint density at radius 2 is 1.94 bits per heavy atom. The van der Waals surface area contributed by atoms with Crippen LogP contribution in [-0.4, -0.2) is 60.3 Å². The van der Waals surface area contributed by atoms with Gasteiger partial charge in [-0.1, -0.05) is 12.6 Å². The maximum Gasteiger partial charge on any atom is 0.278 e. The highest BCUT2D eigenvalue weighted by Gasteiger charge is 2.26. The maximum absolute atomic E-state index is 11.5. The second-order valence-corrected chi connectivity index (χ2v) is 5.99. The summed E-state index contributed by atoms with van der Waals surface area (Å²) in [6.07, 6.45) is 5.91. The van der Waals surface area contributed by atoms with Gasteiger partial charge in [0, 0.05) is 25.2 Å². The monoisotopic (exact) mass is 271 g/mol. The molecule has 2 aliphatic rings. The Kier molecular flexibility index (Phi) is 5.33. The molecule has 0 aromatic heterocycles. The minimum Gasteiger partial charge on any atom is -0.330 e. The quantitative estimate of drug-likeness (QED) is 0.765. The van der Waals surface area contributed by atoms with Crippen molar-refractivity contribution in [3.8, 4) is 0 Å². The molecule has 1 atom stereocenters. The molecule has 18 heavy (non-hydrogen) atoms. The number of rotatable bonds is 3. The van der Waals surface area contributed by atoms with Gasteiger partial charge in [-0.05, 0) is 52.2 Å². The number of hydrogen-bond donors (Lipinski definition) is 2. The average Bonchev–Trinajstić information content (AvgIpc) is 2.38. The number of amides is 1. The highest BCUT2D eigenvalue weighted by molar-refractivity contribution is 7.96. The van der Waals surface area contributed by atoms with E-state index in [0.29, 0.717) is 12.1 Å². The molecule has 5 heteroatoms. The Hall–Kier alpha value is -0.260. The molecule has 1 N–H and O–H groups in total. The molecule has 0 aromatic rings. The number of nitrogens with one attached hydrogen (secondary N) is 1. The summed E-state index contributed by atoms with van der Waals surface area (Å²) in [4.78, 5) is 15.8. The molecule has 2 saturated heterocycles. The van der Waals surface area contributed by atoms with Gasteiger partial charge in [0.15, 0.2) is 0 Å². The van der Waals surface area contributed by atoms with Crippen LogP contribution in [0.25, 0.3) is 0 Å². The van der Waals surface area contributed by atoms with Crippen LogP contribution in [0, 0.1) is 0 Å². The van der Waals surface area contributed by atoms with Gasteiger partial charge in [0.05, 0.1) is 0 Å². The van der Waals surface area contributed by atoms with E-state index in [0.717, 1.165) is 25.9 Å². The minimum absolute atomic E-state index is 0.0649. The summed E-state index contributed by atoms with van der Waals surface area (Å²) >= 11 is 3.98. The van der Waals surface area contributed by atoms with Gasteiger partial charge < -0.3 is 15.1 Å². The van der Waals surface area contributed by atoms with Crippen molar-refractivity contribution in [2.75, 3.05) is 33.2 Å². The van der Waals surface area contributed by atoms with Crippen molar-refractivity contribution >= 4 is 17.9 Å². The van der Waals surface area contributed by atoms with Gasteiger partial charge in [0.1, 0.15) is 0 Å². The molecule has 1 amide bonds. The molecule has 0 bridgehead atoms. The molecule has 2 heterocycles. The van der Waals surface area contributed by atoms with Crippen LogP contribution in [0.1, 0.15) is 32.1 Å². The summed E-state index contributed by atoms with van der Waals surface area (Å²) in [5.74, 6) is 0. The fourth-order valence-corrected chi connectivity index (χ4v) is 3.24. The van der Waals surface area contributed by atoms with Crippen LogP contribution in [-0.2, 0) is 0 Å². The SMILES string of the molecule is CN1CCC(NCC2CCCCN2C(=O)S)CC1. The molecule has 104 valence electrons. The van der Waals surface area contributed by atoms with Crippen molar-refractivity contribution in [1.82, 2.24) is 15.1 Å². The zero-order valence-electron chi connectivity index (χ0n) is 11.3. The first-order valence-electron chi connectivity index (χ1n) is 7.08. The van der Waals surface area contributed by atoms with E-state index in [9.17, 15) is 4.79 Å². The summed E-state index contributed by atoms with van der Waals surface area (Å²) in [6, 6.07) is 0.975. The predicted octanol–water partition coefficient (Wildman–Crippen LogP) is 1.57. The average molecular weight is 271 g/mol. The van der Waals surface area contributed by atoms with E-state index in [2.05, 4.69) is 29.9 Å². The van der Waals surface area contributed by atoms with Gasteiger partial charge in [-0.25, -0.2) is 0 Å². The topological polar surface area (TPSA) is 35.6 Å². The Balaban J connectivity index is 1.75. The predicted molar refractivity (Wildman–Crippen MR) is 77.2 cm³/mol. The highest BCUT2D eigenvalue weighted by atomic mass is 32.1. The van der Waals surface area contributed by atoms with Crippen molar-refractivity contribution in [2.24, 2.45) is 0 Å². The van der Waals surface area contributed by atoms with E-state index in [-0.39, 0.29) is 5.24 Å². The van der Waals surface area contributed by atoms with Crippen LogP contribution in [0.5, 0.6) is 0 Å². The fraction of sp³-hybridized carbons (Fsp3) is 0.923. The number of thiol groups is 1. The van der Waals surface area contributed by atoms with Crippen molar-refractivity contribution in [3.63, 3.8) is 0 Å². The van der Waals surface area contributed by atoms with Crippen LogP contribution in [0.15, 0.2) is 0 Å². The Morgan fingerprint density at radius 1 is 1.22 bits per heavy atom. The number of hydrogen-bond acceptors (Lipinski definition) is 3. The van der Waals surface area contributed by atoms with Crippen LogP contribution in [0.4, 0.5) is 4.79 Å². The van der Waals surface area contributed by atoms with Crippen molar-refractivity contribution in [1.29, 1.82) is 0 Å². The third-order valence-electron chi connectivity index (χ3n) is 4.23. The summed E-state index contributed by atoms with van der Waals surface area (Å²) in [6.45, 7) is 4.16. The second-order valence-electron chi connectivity index (χ2n) is 5.61. The zero-order valence-corrected chi connectivity index (χ0v) is 12.2. The standard InChI is InChI=1S/C13H25N3OS/c1-15-8-5-11(6-9-15)14-10-12-4-2-3-7-16(12)13(17)18/h11-12,14H,2-10H2,1H3,(H,17,18). The molecular weight excluding hydrogens is 246 g/mol. The first-order valence-corrected chi connectivity index (χ1v) is 7.53. The highest BCUT2D eigenvalue weighted by Crippen LogP contribution is 2.18. The van der Waals surface area contributed by atoms with Gasteiger partial charge in [-0.2, -0.15) is 0 Å². The molecule has 0 aromatic carbocycles. The second kappa shape index (κ2) is 6.78. The smallest absolute Gasteiger partial charge is 0.278 e. The maximum atomic E-state index is 11.5. The zero-order chi connectivity index (χ0) is 13.0. The molecular formula is C13H25N3OS. The lowest BCUT2D eigenvalue weighted by molar-refractivity contribution is 0.163. The molecule has 0 aliphatic carbocycles. The summed E-state index contributed by atoms with van der Waals surface area (Å²) in [5.41, 5.74) is 0. The van der Waals surface area contributed by atoms with Gasteiger partial charge in [-0.15, -0.1) is 0 Å². The van der Waals surface area contributed by atoms with E-state index in [1.165, 1.54) is 32.4 Å². The fourth-order valence-electron chi connectivity index (χ4n) is 2.98. The first kappa shape index (κ1) is 14.2. The van der Waals surface area contributed by atoms with Crippen LogP contribution in [0.2, 0.25) is 0 Å². The van der Waals surface area contributed by atoms with E-state index in [4.69, 9.17) is 0 Å². The number of piperidine rings is 2. The minimum atomic E-state index is -0.0649. The number of carbonyl (C=O) groups is 1. The van der Waals surface area contributed by atoms with Gasteiger partial charge in [0.2, 0.25) is 0 Å². The lowest BCUT2D eigenvalue weighted by Crippen LogP contribution is -2.50. The van der Waals surface area contributed by atoms with Crippen molar-refractivity contribution in [3.05, 3.63) is 0 Å². The summed E-state index contributed by atoms with van der Waals surface area (Å²) in [5, 5.41) is 3.58. The number of carbonyl (C=O) groups excluding carboxylic acids is 1. The lowest BCUT2D eigenvalue weighted by Gasteiger charge is -2.37. The van der Waals surface area contributed by atoms with E-state index in [1.807, 2.05) is 4.90 Å². The third-order valence-corrected chi connectivity index (χ3v) is 4.49. The van der Waals surface area contributed by atoms with Crippen molar-refractivity contribution < 1.29 is 4.79 Å². The molecule has 4 nitrogen and oxygen atoms in total. The third kappa shape index (κ3) is 3.87. The van der Waals surface area contributed by atoms with Gasteiger partial charge in [0.25, 0.3) is 5.24 Å². The molecule has 0 radical (unpaired) electrons. The number of likely N-dealkylation sites (tertiary alicyclic amines) is 2.